The van der Waals surface area contributed by atoms with E-state index in [1.54, 1.807) is 6.33 Å². The van der Waals surface area contributed by atoms with Gasteiger partial charge in [0, 0.05) is 18.0 Å². The van der Waals surface area contributed by atoms with Crippen LogP contribution in [0.5, 0.6) is 0 Å². The van der Waals surface area contributed by atoms with E-state index in [0.717, 1.165) is 48.8 Å². The lowest BCUT2D eigenvalue weighted by Crippen LogP contribution is -2.40. The number of carbonyl (C=O) groups excluding carboxylic acids is 1. The fourth-order valence-corrected chi connectivity index (χ4v) is 5.47. The molecule has 3 heterocycles. The second-order valence-electron chi connectivity index (χ2n) is 7.27. The largest absolute Gasteiger partial charge is 0.466 e. The van der Waals surface area contributed by atoms with Crippen LogP contribution in [0.3, 0.4) is 0 Å². The zero-order valence-electron chi connectivity index (χ0n) is 15.0. The lowest BCUT2D eigenvalue weighted by molar-refractivity contribution is -0.148. The second-order valence-corrected chi connectivity index (χ2v) is 8.35. The van der Waals surface area contributed by atoms with Crippen molar-refractivity contribution >= 4 is 33.3 Å². The van der Waals surface area contributed by atoms with Crippen molar-refractivity contribution in [2.75, 3.05) is 24.6 Å². The molecule has 0 aromatic carbocycles. The van der Waals surface area contributed by atoms with E-state index in [9.17, 15) is 4.79 Å². The third-order valence-electron chi connectivity index (χ3n) is 5.41. The molecular weight excluding hydrogens is 334 g/mol. The number of aryl methyl sites for hydroxylation is 1. The van der Waals surface area contributed by atoms with Gasteiger partial charge in [-0.1, -0.05) is 6.92 Å². The van der Waals surface area contributed by atoms with E-state index < -0.39 is 0 Å². The van der Waals surface area contributed by atoms with Gasteiger partial charge in [-0.25, -0.2) is 9.97 Å². The third-order valence-corrected chi connectivity index (χ3v) is 6.57. The molecule has 0 spiro atoms. The number of carbonyl (C=O) groups is 1. The van der Waals surface area contributed by atoms with E-state index in [1.165, 1.54) is 22.2 Å². The van der Waals surface area contributed by atoms with Crippen molar-refractivity contribution < 1.29 is 9.53 Å². The van der Waals surface area contributed by atoms with Crippen LogP contribution < -0.4 is 4.90 Å². The average Bonchev–Trinajstić information content (AvgIpc) is 2.99. The van der Waals surface area contributed by atoms with Gasteiger partial charge in [-0.05, 0) is 50.5 Å². The monoisotopic (exact) mass is 359 g/mol. The maximum Gasteiger partial charge on any atom is 0.310 e. The molecule has 1 fully saturated rings. The number of ether oxygens (including phenoxy) is 1. The summed E-state index contributed by atoms with van der Waals surface area (Å²) >= 11 is 1.83. The maximum atomic E-state index is 12.2. The molecule has 4 rings (SSSR count). The number of esters is 1. The minimum atomic E-state index is -0.0707. The number of hydrogen-bond donors (Lipinski definition) is 0. The number of piperidine rings is 1. The van der Waals surface area contributed by atoms with Crippen LogP contribution in [0, 0.1) is 11.8 Å². The van der Waals surface area contributed by atoms with Crippen LogP contribution in [0.1, 0.15) is 43.6 Å². The SMILES string of the molecule is CCOC(=O)[C@@H]1CCCN(c2ncnc3sc4c(c23)CC[C@H](C)C4)C1. The lowest BCUT2D eigenvalue weighted by atomic mass is 9.89. The molecule has 0 amide bonds. The summed E-state index contributed by atoms with van der Waals surface area (Å²) in [4.78, 5) is 26.2. The van der Waals surface area contributed by atoms with Crippen molar-refractivity contribution in [1.29, 1.82) is 0 Å². The quantitative estimate of drug-likeness (QED) is 0.784. The normalized spacial score (nSPS) is 23.5. The number of nitrogens with zero attached hydrogens (tertiary/aromatic N) is 3. The van der Waals surface area contributed by atoms with E-state index in [0.29, 0.717) is 13.2 Å². The number of thiophene rings is 1. The zero-order chi connectivity index (χ0) is 17.4. The van der Waals surface area contributed by atoms with Crippen LogP contribution in [-0.2, 0) is 22.4 Å². The van der Waals surface area contributed by atoms with Crippen LogP contribution in [0.15, 0.2) is 6.33 Å². The van der Waals surface area contributed by atoms with Crippen LogP contribution >= 0.6 is 11.3 Å². The van der Waals surface area contributed by atoms with Gasteiger partial charge in [-0.15, -0.1) is 11.3 Å². The molecule has 6 heteroatoms. The van der Waals surface area contributed by atoms with Gasteiger partial charge in [0.15, 0.2) is 0 Å². The average molecular weight is 359 g/mol. The van der Waals surface area contributed by atoms with Crippen molar-refractivity contribution in [1.82, 2.24) is 9.97 Å². The van der Waals surface area contributed by atoms with E-state index in [2.05, 4.69) is 21.8 Å². The molecule has 0 bridgehead atoms. The Morgan fingerprint density at radius 3 is 3.12 bits per heavy atom. The van der Waals surface area contributed by atoms with Crippen LogP contribution in [0.4, 0.5) is 5.82 Å². The number of anilines is 1. The number of aromatic nitrogens is 2. The Kier molecular flexibility index (Phi) is 4.63. The predicted octanol–water partition coefficient (Wildman–Crippen LogP) is 3.60. The Morgan fingerprint density at radius 1 is 1.40 bits per heavy atom. The van der Waals surface area contributed by atoms with E-state index in [1.807, 2.05) is 18.3 Å². The standard InChI is InChI=1S/C19H25N3O2S/c1-3-24-19(23)13-5-4-8-22(10-13)17-16-14-7-6-12(2)9-15(14)25-18(16)21-11-20-17/h11-13H,3-10H2,1-2H3/t12-,13+/m0/s1. The topological polar surface area (TPSA) is 55.3 Å². The first-order chi connectivity index (χ1) is 12.2. The summed E-state index contributed by atoms with van der Waals surface area (Å²) in [5, 5.41) is 1.24. The molecule has 25 heavy (non-hydrogen) atoms. The highest BCUT2D eigenvalue weighted by Crippen LogP contribution is 2.41. The zero-order valence-corrected chi connectivity index (χ0v) is 15.8. The minimum absolute atomic E-state index is 0.0480. The molecule has 1 saturated heterocycles. The molecule has 1 aliphatic carbocycles. The molecule has 2 aromatic rings. The Labute approximate surface area is 152 Å². The maximum absolute atomic E-state index is 12.2. The predicted molar refractivity (Wildman–Crippen MR) is 100 cm³/mol. The molecule has 2 atom stereocenters. The molecule has 0 radical (unpaired) electrons. The summed E-state index contributed by atoms with van der Waals surface area (Å²) < 4.78 is 5.24. The van der Waals surface area contributed by atoms with Crippen LogP contribution in [0.2, 0.25) is 0 Å². The summed E-state index contributed by atoms with van der Waals surface area (Å²) in [6.45, 7) is 6.29. The molecule has 1 aliphatic heterocycles. The van der Waals surface area contributed by atoms with Crippen molar-refractivity contribution in [2.45, 2.75) is 46.0 Å². The molecule has 0 N–H and O–H groups in total. The highest BCUT2D eigenvalue weighted by molar-refractivity contribution is 7.19. The summed E-state index contributed by atoms with van der Waals surface area (Å²) in [5.41, 5.74) is 1.45. The van der Waals surface area contributed by atoms with Gasteiger partial charge in [0.05, 0.1) is 17.9 Å². The van der Waals surface area contributed by atoms with Crippen molar-refractivity contribution in [3.63, 3.8) is 0 Å². The highest BCUT2D eigenvalue weighted by Gasteiger charge is 2.30. The van der Waals surface area contributed by atoms with Gasteiger partial charge in [-0.2, -0.15) is 0 Å². The van der Waals surface area contributed by atoms with Crippen LogP contribution in [0.25, 0.3) is 10.2 Å². The van der Waals surface area contributed by atoms with Crippen molar-refractivity contribution in [2.24, 2.45) is 11.8 Å². The first-order valence-electron chi connectivity index (χ1n) is 9.34. The van der Waals surface area contributed by atoms with E-state index in [-0.39, 0.29) is 11.9 Å². The van der Waals surface area contributed by atoms with Crippen molar-refractivity contribution in [3.05, 3.63) is 16.8 Å². The first kappa shape index (κ1) is 16.8. The van der Waals surface area contributed by atoms with Gasteiger partial charge in [0.2, 0.25) is 0 Å². The Balaban J connectivity index is 1.68. The first-order valence-corrected chi connectivity index (χ1v) is 10.2. The number of fused-ring (bicyclic) bond motifs is 3. The molecule has 5 nitrogen and oxygen atoms in total. The summed E-state index contributed by atoms with van der Waals surface area (Å²) in [5.74, 6) is 1.65. The summed E-state index contributed by atoms with van der Waals surface area (Å²) in [6, 6.07) is 0. The fourth-order valence-electron chi connectivity index (χ4n) is 4.12. The third kappa shape index (κ3) is 3.12. The van der Waals surface area contributed by atoms with E-state index >= 15 is 0 Å². The Hall–Kier alpha value is -1.69. The number of hydrogen-bond acceptors (Lipinski definition) is 6. The number of rotatable bonds is 3. The van der Waals surface area contributed by atoms with Gasteiger partial charge < -0.3 is 9.64 Å². The van der Waals surface area contributed by atoms with Gasteiger partial charge in [0.1, 0.15) is 17.0 Å². The molecular formula is C19H25N3O2S. The second kappa shape index (κ2) is 6.90. The Morgan fingerprint density at radius 2 is 2.28 bits per heavy atom. The van der Waals surface area contributed by atoms with Gasteiger partial charge >= 0.3 is 5.97 Å². The molecule has 2 aliphatic rings. The minimum Gasteiger partial charge on any atom is -0.466 e. The smallest absolute Gasteiger partial charge is 0.310 e. The lowest BCUT2D eigenvalue weighted by Gasteiger charge is -2.33. The van der Waals surface area contributed by atoms with Gasteiger partial charge in [-0.3, -0.25) is 4.79 Å². The van der Waals surface area contributed by atoms with Crippen LogP contribution in [-0.4, -0.2) is 35.6 Å². The molecule has 134 valence electrons. The summed E-state index contributed by atoms with van der Waals surface area (Å²) in [7, 11) is 0. The molecule has 0 saturated carbocycles. The van der Waals surface area contributed by atoms with Crippen molar-refractivity contribution in [3.8, 4) is 0 Å². The van der Waals surface area contributed by atoms with E-state index in [4.69, 9.17) is 4.74 Å². The molecule has 2 aromatic heterocycles. The Bertz CT molecular complexity index is 788. The molecule has 0 unspecified atom stereocenters. The summed E-state index contributed by atoms with van der Waals surface area (Å²) in [6.07, 6.45) is 7.09. The highest BCUT2D eigenvalue weighted by atomic mass is 32.1. The van der Waals surface area contributed by atoms with Gasteiger partial charge in [0.25, 0.3) is 0 Å². The fraction of sp³-hybridized carbons (Fsp3) is 0.632.